The fourth-order valence-electron chi connectivity index (χ4n) is 1.20. The van der Waals surface area contributed by atoms with Gasteiger partial charge in [0.1, 0.15) is 0 Å². The van der Waals surface area contributed by atoms with Gasteiger partial charge in [0.15, 0.2) is 5.75 Å². The molecule has 0 aliphatic carbocycles. The first-order chi connectivity index (χ1) is 7.33. The summed E-state index contributed by atoms with van der Waals surface area (Å²) in [6.07, 6.45) is -5.21. The van der Waals surface area contributed by atoms with Crippen molar-refractivity contribution >= 4 is 0 Å². The average Bonchev–Trinajstić information content (AvgIpc) is 2.10. The number of aryl methyl sites for hydroxylation is 1. The first kappa shape index (κ1) is 12.1. The van der Waals surface area contributed by atoms with Crippen molar-refractivity contribution in [3.8, 4) is 11.8 Å². The third-order valence-corrected chi connectivity index (χ3v) is 1.73. The number of H-pyrrole nitrogens is 1. The largest absolute Gasteiger partial charge is 0.573 e. The number of halogens is 3. The number of ether oxygens (including phenoxy) is 1. The summed E-state index contributed by atoms with van der Waals surface area (Å²) in [6, 6.07) is 2.62. The van der Waals surface area contributed by atoms with E-state index < -0.39 is 17.7 Å². The molecular formula is C9H7F3N2O2. The van der Waals surface area contributed by atoms with Gasteiger partial charge in [-0.15, -0.1) is 13.2 Å². The van der Waals surface area contributed by atoms with Gasteiger partial charge in [-0.2, -0.15) is 5.26 Å². The highest BCUT2D eigenvalue weighted by atomic mass is 19.4. The zero-order chi connectivity index (χ0) is 12.3. The highest BCUT2D eigenvalue weighted by molar-refractivity contribution is 5.37. The summed E-state index contributed by atoms with van der Waals surface area (Å²) >= 11 is 0. The number of rotatable bonds is 2. The van der Waals surface area contributed by atoms with Crippen molar-refractivity contribution in [3.63, 3.8) is 0 Å². The molecule has 0 spiro atoms. The van der Waals surface area contributed by atoms with Gasteiger partial charge in [0.05, 0.1) is 18.2 Å². The zero-order valence-electron chi connectivity index (χ0n) is 8.18. The minimum Gasteiger partial charge on any atom is -0.404 e. The topological polar surface area (TPSA) is 65.9 Å². The molecule has 0 radical (unpaired) electrons. The molecule has 0 fully saturated rings. The highest BCUT2D eigenvalue weighted by Gasteiger charge is 2.33. The maximum absolute atomic E-state index is 12.0. The summed E-state index contributed by atoms with van der Waals surface area (Å²) in [7, 11) is 0. The second-order valence-electron chi connectivity index (χ2n) is 3.01. The van der Waals surface area contributed by atoms with Crippen LogP contribution < -0.4 is 10.3 Å². The van der Waals surface area contributed by atoms with Gasteiger partial charge in [-0.05, 0) is 12.5 Å². The second-order valence-corrected chi connectivity index (χ2v) is 3.01. The van der Waals surface area contributed by atoms with Gasteiger partial charge in [0.25, 0.3) is 0 Å². The van der Waals surface area contributed by atoms with Crippen LogP contribution in [0.2, 0.25) is 0 Å². The molecule has 1 aromatic rings. The second kappa shape index (κ2) is 4.26. The number of aromatic nitrogens is 1. The molecule has 1 N–H and O–H groups in total. The molecule has 1 rings (SSSR count). The molecule has 0 unspecified atom stereocenters. The average molecular weight is 232 g/mol. The van der Waals surface area contributed by atoms with Crippen LogP contribution in [0.25, 0.3) is 0 Å². The van der Waals surface area contributed by atoms with E-state index in [0.717, 1.165) is 6.07 Å². The van der Waals surface area contributed by atoms with Crippen molar-refractivity contribution in [2.45, 2.75) is 19.7 Å². The van der Waals surface area contributed by atoms with E-state index in [1.54, 1.807) is 6.07 Å². The zero-order valence-corrected chi connectivity index (χ0v) is 8.18. The quantitative estimate of drug-likeness (QED) is 0.842. The van der Waals surface area contributed by atoms with E-state index in [4.69, 9.17) is 5.26 Å². The lowest BCUT2D eigenvalue weighted by molar-refractivity contribution is -0.275. The number of nitrogens with one attached hydrogen (secondary N) is 1. The van der Waals surface area contributed by atoms with Gasteiger partial charge in [0.2, 0.25) is 5.56 Å². The minimum absolute atomic E-state index is 0.0336. The molecule has 86 valence electrons. The molecule has 0 saturated carbocycles. The Morgan fingerprint density at radius 1 is 1.56 bits per heavy atom. The van der Waals surface area contributed by atoms with Crippen LogP contribution in [0.15, 0.2) is 10.9 Å². The van der Waals surface area contributed by atoms with Crippen LogP contribution in [0.1, 0.15) is 11.3 Å². The normalized spacial score (nSPS) is 10.9. The lowest BCUT2D eigenvalue weighted by atomic mass is 10.2. The Hall–Kier alpha value is -1.97. The van der Waals surface area contributed by atoms with E-state index in [2.05, 4.69) is 9.72 Å². The van der Waals surface area contributed by atoms with Gasteiger partial charge in [-0.3, -0.25) is 4.79 Å². The molecule has 7 heteroatoms. The Labute approximate surface area is 88.3 Å². The van der Waals surface area contributed by atoms with E-state index in [-0.39, 0.29) is 17.7 Å². The van der Waals surface area contributed by atoms with Crippen LogP contribution in [0, 0.1) is 18.3 Å². The van der Waals surface area contributed by atoms with E-state index in [0.29, 0.717) is 0 Å². The number of hydrogen-bond acceptors (Lipinski definition) is 3. The van der Waals surface area contributed by atoms with Crippen molar-refractivity contribution in [3.05, 3.63) is 27.7 Å². The fourth-order valence-corrected chi connectivity index (χ4v) is 1.20. The molecule has 1 aromatic heterocycles. The first-order valence-electron chi connectivity index (χ1n) is 4.19. The number of nitriles is 1. The molecule has 0 aromatic carbocycles. The fraction of sp³-hybridized carbons (Fsp3) is 0.333. The SMILES string of the molecule is Cc1cc(=O)[nH]c(CC#N)c1OC(F)(F)F. The van der Waals surface area contributed by atoms with Gasteiger partial charge in [-0.1, -0.05) is 0 Å². The van der Waals surface area contributed by atoms with Gasteiger partial charge in [0, 0.05) is 6.07 Å². The summed E-state index contributed by atoms with van der Waals surface area (Å²) in [4.78, 5) is 13.1. The first-order valence-corrected chi connectivity index (χ1v) is 4.19. The third kappa shape index (κ3) is 3.02. The molecular weight excluding hydrogens is 225 g/mol. The van der Waals surface area contributed by atoms with E-state index >= 15 is 0 Å². The standard InChI is InChI=1S/C9H7F3N2O2/c1-5-4-7(15)14-6(2-3-13)8(5)16-9(10,11)12/h4H,2H2,1H3,(H,14,15). The van der Waals surface area contributed by atoms with Crippen LogP contribution in [-0.2, 0) is 6.42 Å². The van der Waals surface area contributed by atoms with Crippen LogP contribution >= 0.6 is 0 Å². The van der Waals surface area contributed by atoms with Crippen molar-refractivity contribution in [2.24, 2.45) is 0 Å². The third-order valence-electron chi connectivity index (χ3n) is 1.73. The summed E-state index contributed by atoms with van der Waals surface area (Å²) in [6.45, 7) is 1.30. The van der Waals surface area contributed by atoms with Crippen molar-refractivity contribution in [1.29, 1.82) is 5.26 Å². The van der Waals surface area contributed by atoms with E-state index in [1.165, 1.54) is 6.92 Å². The van der Waals surface area contributed by atoms with Gasteiger partial charge >= 0.3 is 6.36 Å². The summed E-state index contributed by atoms with van der Waals surface area (Å²) in [5, 5.41) is 8.42. The Kier molecular flexibility index (Phi) is 3.22. The number of aromatic amines is 1. The van der Waals surface area contributed by atoms with Crippen molar-refractivity contribution < 1.29 is 17.9 Å². The Morgan fingerprint density at radius 2 is 2.19 bits per heavy atom. The Bertz CT molecular complexity index is 485. The number of pyridine rings is 1. The van der Waals surface area contributed by atoms with Crippen molar-refractivity contribution in [2.75, 3.05) is 0 Å². The molecule has 0 atom stereocenters. The summed E-state index contributed by atoms with van der Waals surface area (Å²) in [5.41, 5.74) is -0.714. The molecule has 16 heavy (non-hydrogen) atoms. The molecule has 0 aliphatic heterocycles. The number of alkyl halides is 3. The molecule has 4 nitrogen and oxygen atoms in total. The lowest BCUT2D eigenvalue weighted by Crippen LogP contribution is -2.21. The lowest BCUT2D eigenvalue weighted by Gasteiger charge is -2.13. The molecule has 0 saturated heterocycles. The van der Waals surface area contributed by atoms with E-state index in [9.17, 15) is 18.0 Å². The summed E-state index contributed by atoms with van der Waals surface area (Å²) < 4.78 is 39.9. The predicted molar refractivity (Wildman–Crippen MR) is 47.8 cm³/mol. The maximum Gasteiger partial charge on any atom is 0.573 e. The number of hydrogen-bond donors (Lipinski definition) is 1. The Morgan fingerprint density at radius 3 is 2.69 bits per heavy atom. The maximum atomic E-state index is 12.0. The highest BCUT2D eigenvalue weighted by Crippen LogP contribution is 2.27. The van der Waals surface area contributed by atoms with Crippen LogP contribution in [0.3, 0.4) is 0 Å². The Balaban J connectivity index is 3.25. The molecule has 0 amide bonds. The molecule has 0 aliphatic rings. The minimum atomic E-state index is -4.85. The van der Waals surface area contributed by atoms with Crippen molar-refractivity contribution in [1.82, 2.24) is 4.98 Å². The molecule has 1 heterocycles. The smallest absolute Gasteiger partial charge is 0.404 e. The summed E-state index contributed by atoms with van der Waals surface area (Å²) in [5.74, 6) is -0.520. The van der Waals surface area contributed by atoms with E-state index in [1.807, 2.05) is 0 Å². The number of nitrogens with zero attached hydrogens (tertiary/aromatic N) is 1. The monoisotopic (exact) mass is 232 g/mol. The van der Waals surface area contributed by atoms with Crippen LogP contribution in [-0.4, -0.2) is 11.3 Å². The van der Waals surface area contributed by atoms with Crippen LogP contribution in [0.4, 0.5) is 13.2 Å². The van der Waals surface area contributed by atoms with Crippen LogP contribution in [0.5, 0.6) is 5.75 Å². The molecule has 0 bridgehead atoms. The predicted octanol–water partition coefficient (Wildman–Crippen LogP) is 1.65. The van der Waals surface area contributed by atoms with Gasteiger partial charge in [-0.25, -0.2) is 0 Å². The van der Waals surface area contributed by atoms with Gasteiger partial charge < -0.3 is 9.72 Å².